The van der Waals surface area contributed by atoms with E-state index in [0.29, 0.717) is 12.5 Å². The quantitative estimate of drug-likeness (QED) is 0.718. The molecule has 0 aromatic rings. The molecule has 1 rings (SSSR count). The van der Waals surface area contributed by atoms with Gasteiger partial charge >= 0.3 is 0 Å². The molecule has 0 aliphatic carbocycles. The van der Waals surface area contributed by atoms with E-state index in [1.165, 1.54) is 19.3 Å². The van der Waals surface area contributed by atoms with Gasteiger partial charge in [0.25, 0.3) is 0 Å². The Bertz CT molecular complexity index is 271. The number of hydrogen-bond acceptors (Lipinski definition) is 3. The number of nitrogens with two attached hydrogens (primary N) is 1. The SMILES string of the molecule is CCCCCCC(=O)N1CCN(C(C)(C)CN)CC1. The van der Waals surface area contributed by atoms with Crippen LogP contribution in [-0.2, 0) is 4.79 Å². The molecular formula is C15H31N3O. The fourth-order valence-corrected chi connectivity index (χ4v) is 2.55. The summed E-state index contributed by atoms with van der Waals surface area (Å²) in [6, 6.07) is 0. The van der Waals surface area contributed by atoms with Crippen molar-refractivity contribution in [2.75, 3.05) is 32.7 Å². The van der Waals surface area contributed by atoms with E-state index in [4.69, 9.17) is 5.73 Å². The van der Waals surface area contributed by atoms with Gasteiger partial charge in [-0.1, -0.05) is 26.2 Å². The molecule has 0 radical (unpaired) electrons. The first-order valence-electron chi connectivity index (χ1n) is 7.74. The van der Waals surface area contributed by atoms with Crippen LogP contribution < -0.4 is 5.73 Å². The predicted octanol–water partition coefficient (Wildman–Crippen LogP) is 1.84. The van der Waals surface area contributed by atoms with Crippen LogP contribution in [0.3, 0.4) is 0 Å². The zero-order chi connectivity index (χ0) is 14.3. The summed E-state index contributed by atoms with van der Waals surface area (Å²) in [4.78, 5) is 16.5. The monoisotopic (exact) mass is 269 g/mol. The van der Waals surface area contributed by atoms with Crippen LogP contribution in [0, 0.1) is 0 Å². The second-order valence-electron chi connectivity index (χ2n) is 6.20. The standard InChI is InChI=1S/C15H31N3O/c1-4-5-6-7-8-14(19)17-9-11-18(12-10-17)15(2,3)13-16/h4-13,16H2,1-3H3. The van der Waals surface area contributed by atoms with E-state index in [0.717, 1.165) is 39.0 Å². The molecule has 4 heteroatoms. The van der Waals surface area contributed by atoms with Gasteiger partial charge in [-0.25, -0.2) is 0 Å². The molecule has 0 unspecified atom stereocenters. The fourth-order valence-electron chi connectivity index (χ4n) is 2.55. The lowest BCUT2D eigenvalue weighted by Crippen LogP contribution is -2.58. The molecule has 0 spiro atoms. The Hall–Kier alpha value is -0.610. The van der Waals surface area contributed by atoms with Crippen LogP contribution in [0.25, 0.3) is 0 Å². The number of rotatable bonds is 7. The molecule has 2 N–H and O–H groups in total. The van der Waals surface area contributed by atoms with Crippen LogP contribution in [-0.4, -0.2) is 54.0 Å². The number of amides is 1. The van der Waals surface area contributed by atoms with Gasteiger partial charge in [0.15, 0.2) is 0 Å². The third kappa shape index (κ3) is 5.11. The van der Waals surface area contributed by atoms with E-state index >= 15 is 0 Å². The molecule has 1 fully saturated rings. The normalized spacial score (nSPS) is 17.8. The molecule has 0 aromatic heterocycles. The van der Waals surface area contributed by atoms with Gasteiger partial charge in [-0.15, -0.1) is 0 Å². The van der Waals surface area contributed by atoms with Crippen LogP contribution in [0.5, 0.6) is 0 Å². The van der Waals surface area contributed by atoms with Gasteiger partial charge in [0.2, 0.25) is 5.91 Å². The summed E-state index contributed by atoms with van der Waals surface area (Å²) in [6.07, 6.45) is 5.41. The number of piperazine rings is 1. The minimum atomic E-state index is 0.0518. The number of hydrogen-bond donors (Lipinski definition) is 1. The van der Waals surface area contributed by atoms with Gasteiger partial charge in [0.05, 0.1) is 0 Å². The fraction of sp³-hybridized carbons (Fsp3) is 0.933. The lowest BCUT2D eigenvalue weighted by atomic mass is 10.0. The largest absolute Gasteiger partial charge is 0.340 e. The number of carbonyl (C=O) groups is 1. The highest BCUT2D eigenvalue weighted by molar-refractivity contribution is 5.76. The first kappa shape index (κ1) is 16.4. The van der Waals surface area contributed by atoms with Gasteiger partial charge in [0, 0.05) is 44.7 Å². The van der Waals surface area contributed by atoms with Crippen molar-refractivity contribution < 1.29 is 4.79 Å². The maximum Gasteiger partial charge on any atom is 0.222 e. The maximum atomic E-state index is 12.1. The van der Waals surface area contributed by atoms with Gasteiger partial charge in [0.1, 0.15) is 0 Å². The minimum Gasteiger partial charge on any atom is -0.340 e. The summed E-state index contributed by atoms with van der Waals surface area (Å²) in [6.45, 7) is 10.8. The van der Waals surface area contributed by atoms with Crippen LogP contribution in [0.4, 0.5) is 0 Å². The van der Waals surface area contributed by atoms with Crippen molar-refractivity contribution in [2.24, 2.45) is 5.73 Å². The average Bonchev–Trinajstić information content (AvgIpc) is 2.43. The zero-order valence-corrected chi connectivity index (χ0v) is 13.0. The molecule has 0 saturated carbocycles. The molecule has 1 aliphatic heterocycles. The first-order valence-corrected chi connectivity index (χ1v) is 7.74. The number of unbranched alkanes of at least 4 members (excludes halogenated alkanes) is 3. The van der Waals surface area contributed by atoms with Gasteiger partial charge in [-0.3, -0.25) is 9.69 Å². The highest BCUT2D eigenvalue weighted by Crippen LogP contribution is 2.16. The van der Waals surface area contributed by atoms with Gasteiger partial charge in [-0.2, -0.15) is 0 Å². The molecule has 1 heterocycles. The first-order chi connectivity index (χ1) is 9.01. The molecule has 0 atom stereocenters. The van der Waals surface area contributed by atoms with E-state index < -0.39 is 0 Å². The van der Waals surface area contributed by atoms with Crippen molar-refractivity contribution in [3.8, 4) is 0 Å². The predicted molar refractivity (Wildman–Crippen MR) is 80.0 cm³/mol. The van der Waals surface area contributed by atoms with E-state index in [1.807, 2.05) is 4.90 Å². The van der Waals surface area contributed by atoms with Crippen molar-refractivity contribution in [1.82, 2.24) is 9.80 Å². The van der Waals surface area contributed by atoms with Crippen LogP contribution in [0.2, 0.25) is 0 Å². The lowest BCUT2D eigenvalue weighted by Gasteiger charge is -2.43. The number of carbonyl (C=O) groups excluding carboxylic acids is 1. The number of nitrogens with zero attached hydrogens (tertiary/aromatic N) is 2. The summed E-state index contributed by atoms with van der Waals surface area (Å²) < 4.78 is 0. The summed E-state index contributed by atoms with van der Waals surface area (Å²) >= 11 is 0. The van der Waals surface area contributed by atoms with Crippen molar-refractivity contribution >= 4 is 5.91 Å². The Morgan fingerprint density at radius 1 is 1.11 bits per heavy atom. The van der Waals surface area contributed by atoms with Crippen LogP contribution in [0.1, 0.15) is 52.9 Å². The lowest BCUT2D eigenvalue weighted by molar-refractivity contribution is -0.133. The molecule has 1 saturated heterocycles. The molecule has 4 nitrogen and oxygen atoms in total. The van der Waals surface area contributed by atoms with Crippen molar-refractivity contribution in [3.05, 3.63) is 0 Å². The summed E-state index contributed by atoms with van der Waals surface area (Å²) in [5.41, 5.74) is 5.86. The smallest absolute Gasteiger partial charge is 0.222 e. The molecule has 19 heavy (non-hydrogen) atoms. The molecule has 1 amide bonds. The summed E-state index contributed by atoms with van der Waals surface area (Å²) in [5, 5.41) is 0. The molecule has 0 bridgehead atoms. The van der Waals surface area contributed by atoms with E-state index in [9.17, 15) is 4.79 Å². The topological polar surface area (TPSA) is 49.6 Å². The molecular weight excluding hydrogens is 238 g/mol. The van der Waals surface area contributed by atoms with Crippen LogP contribution in [0.15, 0.2) is 0 Å². The zero-order valence-electron chi connectivity index (χ0n) is 13.0. The summed E-state index contributed by atoms with van der Waals surface area (Å²) in [7, 11) is 0. The molecule has 1 aliphatic rings. The minimum absolute atomic E-state index is 0.0518. The van der Waals surface area contributed by atoms with E-state index in [1.54, 1.807) is 0 Å². The Morgan fingerprint density at radius 3 is 2.26 bits per heavy atom. The molecule has 112 valence electrons. The van der Waals surface area contributed by atoms with Crippen molar-refractivity contribution in [2.45, 2.75) is 58.4 Å². The average molecular weight is 269 g/mol. The Labute approximate surface area is 118 Å². The Morgan fingerprint density at radius 2 is 1.74 bits per heavy atom. The second kappa shape index (κ2) is 7.85. The van der Waals surface area contributed by atoms with Crippen molar-refractivity contribution in [1.29, 1.82) is 0 Å². The third-order valence-corrected chi connectivity index (χ3v) is 4.23. The maximum absolute atomic E-state index is 12.1. The van der Waals surface area contributed by atoms with Crippen molar-refractivity contribution in [3.63, 3.8) is 0 Å². The highest BCUT2D eigenvalue weighted by atomic mass is 16.2. The summed E-state index contributed by atoms with van der Waals surface area (Å²) in [5.74, 6) is 0.335. The van der Waals surface area contributed by atoms with E-state index in [2.05, 4.69) is 25.7 Å². The Kier molecular flexibility index (Phi) is 6.80. The second-order valence-corrected chi connectivity index (χ2v) is 6.20. The van der Waals surface area contributed by atoms with E-state index in [-0.39, 0.29) is 5.54 Å². The van der Waals surface area contributed by atoms with Gasteiger partial charge in [-0.05, 0) is 20.3 Å². The van der Waals surface area contributed by atoms with Gasteiger partial charge < -0.3 is 10.6 Å². The Balaban J connectivity index is 2.27. The third-order valence-electron chi connectivity index (χ3n) is 4.23. The highest BCUT2D eigenvalue weighted by Gasteiger charge is 2.29. The van der Waals surface area contributed by atoms with Crippen LogP contribution >= 0.6 is 0 Å². The molecule has 0 aromatic carbocycles.